The van der Waals surface area contributed by atoms with Crippen LogP contribution in [0.15, 0.2) is 77.8 Å². The molecule has 2 saturated heterocycles. The molecule has 0 saturated carbocycles. The summed E-state index contributed by atoms with van der Waals surface area (Å²) < 4.78 is 33.2. The van der Waals surface area contributed by atoms with E-state index in [1.165, 1.54) is 18.3 Å². The summed E-state index contributed by atoms with van der Waals surface area (Å²) in [6.07, 6.45) is 1.92. The Bertz CT molecular complexity index is 1180. The molecule has 0 N–H and O–H groups in total. The molecular weight excluding hydrogens is 410 g/mol. The maximum absolute atomic E-state index is 13.6. The SMILES string of the molecule is C[C@@]12C[C@H](c3ccccc3N=Cc3cc(F)cc(F)c3)C(=O)N1[C@@H](c1ccccc1)CO2. The van der Waals surface area contributed by atoms with Crippen molar-refractivity contribution in [2.75, 3.05) is 6.61 Å². The lowest BCUT2D eigenvalue weighted by atomic mass is 9.93. The van der Waals surface area contributed by atoms with Gasteiger partial charge in [-0.15, -0.1) is 0 Å². The highest BCUT2D eigenvalue weighted by Gasteiger charge is 2.56. The molecule has 1 amide bonds. The van der Waals surface area contributed by atoms with E-state index >= 15 is 0 Å². The normalized spacial score (nSPS) is 25.0. The van der Waals surface area contributed by atoms with Crippen LogP contribution < -0.4 is 0 Å². The average molecular weight is 432 g/mol. The molecule has 0 aliphatic carbocycles. The molecule has 0 unspecified atom stereocenters. The maximum atomic E-state index is 13.6. The summed E-state index contributed by atoms with van der Waals surface area (Å²) in [4.78, 5) is 19.9. The van der Waals surface area contributed by atoms with E-state index in [9.17, 15) is 13.6 Å². The Morgan fingerprint density at radius 3 is 2.47 bits per heavy atom. The van der Waals surface area contributed by atoms with Gasteiger partial charge in [0.1, 0.15) is 17.4 Å². The van der Waals surface area contributed by atoms with Gasteiger partial charge in [-0.1, -0.05) is 48.5 Å². The minimum absolute atomic E-state index is 0.00157. The summed E-state index contributed by atoms with van der Waals surface area (Å²) in [5.74, 6) is -1.74. The van der Waals surface area contributed by atoms with Crippen molar-refractivity contribution >= 4 is 17.8 Å². The molecule has 2 fully saturated rings. The quantitative estimate of drug-likeness (QED) is 0.510. The molecule has 6 heteroatoms. The first-order valence-electron chi connectivity index (χ1n) is 10.6. The van der Waals surface area contributed by atoms with E-state index in [0.717, 1.165) is 17.2 Å². The first-order chi connectivity index (χ1) is 15.4. The Morgan fingerprint density at radius 2 is 1.72 bits per heavy atom. The number of para-hydroxylation sites is 1. The Balaban J connectivity index is 1.46. The predicted molar refractivity (Wildman–Crippen MR) is 118 cm³/mol. The molecule has 4 nitrogen and oxygen atoms in total. The summed E-state index contributed by atoms with van der Waals surface area (Å²) in [6.45, 7) is 2.42. The molecule has 162 valence electrons. The third-order valence-electron chi connectivity index (χ3n) is 6.23. The number of halogens is 2. The zero-order valence-electron chi connectivity index (χ0n) is 17.5. The molecule has 0 bridgehead atoms. The molecule has 2 aliphatic heterocycles. The van der Waals surface area contributed by atoms with Crippen LogP contribution in [0.25, 0.3) is 0 Å². The van der Waals surface area contributed by atoms with Crippen molar-refractivity contribution in [1.29, 1.82) is 0 Å². The van der Waals surface area contributed by atoms with E-state index in [4.69, 9.17) is 4.74 Å². The number of ether oxygens (including phenoxy) is 1. The van der Waals surface area contributed by atoms with Gasteiger partial charge in [-0.3, -0.25) is 9.79 Å². The molecule has 3 atom stereocenters. The van der Waals surface area contributed by atoms with Crippen molar-refractivity contribution in [3.05, 3.63) is 101 Å². The molecular formula is C26H22F2N2O2. The Kier molecular flexibility index (Phi) is 5.10. The third-order valence-corrected chi connectivity index (χ3v) is 6.23. The summed E-state index contributed by atoms with van der Waals surface area (Å²) in [5, 5.41) is 0. The lowest BCUT2D eigenvalue weighted by Crippen LogP contribution is -2.40. The zero-order valence-corrected chi connectivity index (χ0v) is 17.5. The number of hydrogen-bond donors (Lipinski definition) is 0. The van der Waals surface area contributed by atoms with Gasteiger partial charge in [0, 0.05) is 18.7 Å². The van der Waals surface area contributed by atoms with Crippen LogP contribution >= 0.6 is 0 Å². The number of benzene rings is 3. The number of hydrogen-bond acceptors (Lipinski definition) is 3. The molecule has 3 aromatic carbocycles. The van der Waals surface area contributed by atoms with Crippen LogP contribution in [-0.4, -0.2) is 29.4 Å². The second kappa shape index (κ2) is 7.95. The molecule has 32 heavy (non-hydrogen) atoms. The van der Waals surface area contributed by atoms with Gasteiger partial charge in [0.2, 0.25) is 5.91 Å². The number of nitrogens with zero attached hydrogens (tertiary/aromatic N) is 2. The number of aliphatic imine (C=N–C) groups is 1. The summed E-state index contributed by atoms with van der Waals surface area (Å²) in [6, 6.07) is 20.4. The van der Waals surface area contributed by atoms with E-state index in [1.54, 1.807) is 6.07 Å². The van der Waals surface area contributed by atoms with Crippen molar-refractivity contribution in [1.82, 2.24) is 4.90 Å². The van der Waals surface area contributed by atoms with E-state index < -0.39 is 23.3 Å². The minimum atomic E-state index is -0.690. The first-order valence-corrected chi connectivity index (χ1v) is 10.6. The molecule has 3 aromatic rings. The van der Waals surface area contributed by atoms with Gasteiger partial charge < -0.3 is 9.64 Å². The number of fused-ring (bicyclic) bond motifs is 1. The van der Waals surface area contributed by atoms with E-state index in [0.29, 0.717) is 24.3 Å². The van der Waals surface area contributed by atoms with E-state index in [1.807, 2.05) is 60.4 Å². The summed E-state index contributed by atoms with van der Waals surface area (Å²) in [5.41, 5.74) is 2.04. The monoisotopic (exact) mass is 432 g/mol. The van der Waals surface area contributed by atoms with Gasteiger partial charge in [-0.2, -0.15) is 0 Å². The summed E-state index contributed by atoms with van der Waals surface area (Å²) >= 11 is 0. The van der Waals surface area contributed by atoms with Gasteiger partial charge in [-0.25, -0.2) is 8.78 Å². The molecule has 0 spiro atoms. The van der Waals surface area contributed by atoms with Gasteiger partial charge >= 0.3 is 0 Å². The minimum Gasteiger partial charge on any atom is -0.353 e. The molecule has 2 aliphatic rings. The van der Waals surface area contributed by atoms with Crippen molar-refractivity contribution in [3.8, 4) is 0 Å². The smallest absolute Gasteiger partial charge is 0.233 e. The van der Waals surface area contributed by atoms with Crippen molar-refractivity contribution < 1.29 is 18.3 Å². The van der Waals surface area contributed by atoms with Gasteiger partial charge in [0.15, 0.2) is 0 Å². The number of carbonyl (C=O) groups excluding carboxylic acids is 1. The van der Waals surface area contributed by atoms with Crippen LogP contribution in [0.1, 0.15) is 42.0 Å². The standard InChI is InChI=1S/C26H22F2N2O2/c1-26-14-22(25(31)30(26)24(16-32-26)18-7-3-2-4-8-18)21-9-5-6-10-23(21)29-15-17-11-19(27)13-20(28)12-17/h2-13,15,22,24H,14,16H2,1H3/t22-,24-,26-/m1/s1. The van der Waals surface area contributed by atoms with E-state index in [2.05, 4.69) is 4.99 Å². The average Bonchev–Trinajstić information content (AvgIpc) is 3.25. The third kappa shape index (κ3) is 3.60. The number of amides is 1. The second-order valence-electron chi connectivity index (χ2n) is 8.40. The topological polar surface area (TPSA) is 41.9 Å². The van der Waals surface area contributed by atoms with Gasteiger partial charge in [-0.05, 0) is 41.8 Å². The number of carbonyl (C=O) groups is 1. The Hall–Kier alpha value is -3.38. The summed E-state index contributed by atoms with van der Waals surface area (Å²) in [7, 11) is 0. The lowest BCUT2D eigenvalue weighted by Gasteiger charge is -2.29. The van der Waals surface area contributed by atoms with Crippen LogP contribution in [0, 0.1) is 11.6 Å². The molecule has 0 aromatic heterocycles. The highest BCUT2D eigenvalue weighted by Crippen LogP contribution is 2.50. The maximum Gasteiger partial charge on any atom is 0.233 e. The van der Waals surface area contributed by atoms with Crippen LogP contribution in [-0.2, 0) is 9.53 Å². The fraction of sp³-hybridized carbons (Fsp3) is 0.231. The van der Waals surface area contributed by atoms with Crippen LogP contribution in [0.3, 0.4) is 0 Å². The largest absolute Gasteiger partial charge is 0.353 e. The van der Waals surface area contributed by atoms with Crippen molar-refractivity contribution in [2.24, 2.45) is 4.99 Å². The fourth-order valence-corrected chi connectivity index (χ4v) is 4.77. The predicted octanol–water partition coefficient (Wildman–Crippen LogP) is 5.52. The molecule has 5 rings (SSSR count). The molecule has 2 heterocycles. The lowest BCUT2D eigenvalue weighted by molar-refractivity contribution is -0.137. The highest BCUT2D eigenvalue weighted by atomic mass is 19.1. The Morgan fingerprint density at radius 1 is 1.03 bits per heavy atom. The fourth-order valence-electron chi connectivity index (χ4n) is 4.77. The van der Waals surface area contributed by atoms with Gasteiger partial charge in [0.05, 0.1) is 24.3 Å². The Labute approximate surface area is 185 Å². The van der Waals surface area contributed by atoms with Gasteiger partial charge in [0.25, 0.3) is 0 Å². The van der Waals surface area contributed by atoms with Crippen molar-refractivity contribution in [2.45, 2.75) is 31.0 Å². The first kappa shape index (κ1) is 20.5. The van der Waals surface area contributed by atoms with Crippen LogP contribution in [0.5, 0.6) is 0 Å². The van der Waals surface area contributed by atoms with Crippen LogP contribution in [0.4, 0.5) is 14.5 Å². The zero-order chi connectivity index (χ0) is 22.3. The highest BCUT2D eigenvalue weighted by molar-refractivity contribution is 5.90. The second-order valence-corrected chi connectivity index (χ2v) is 8.40. The van der Waals surface area contributed by atoms with E-state index in [-0.39, 0.29) is 11.9 Å². The van der Waals surface area contributed by atoms with Crippen molar-refractivity contribution in [3.63, 3.8) is 0 Å². The number of rotatable bonds is 4. The molecule has 0 radical (unpaired) electrons. The van der Waals surface area contributed by atoms with Crippen LogP contribution in [0.2, 0.25) is 0 Å².